The average molecular weight is 358 g/mol. The van der Waals surface area contributed by atoms with Crippen molar-refractivity contribution in [1.82, 2.24) is 25.0 Å². The first-order valence-corrected chi connectivity index (χ1v) is 9.68. The fraction of sp³-hybridized carbons (Fsp3) is 0.529. The number of fused-ring (bicyclic) bond motifs is 1. The Morgan fingerprint density at radius 2 is 2.08 bits per heavy atom. The SMILES string of the molecule is CCCCc1noc(CN2CCN(c3ncnc4sccc34)CC2)n1. The van der Waals surface area contributed by atoms with Crippen molar-refractivity contribution in [2.24, 2.45) is 0 Å². The molecule has 0 unspecified atom stereocenters. The van der Waals surface area contributed by atoms with Gasteiger partial charge in [0.2, 0.25) is 5.89 Å². The predicted octanol–water partition coefficient (Wildman–Crippen LogP) is 2.74. The van der Waals surface area contributed by atoms with Gasteiger partial charge >= 0.3 is 0 Å². The normalized spacial score (nSPS) is 16.0. The molecule has 0 radical (unpaired) electrons. The molecule has 3 aromatic rings. The number of hydrogen-bond donors (Lipinski definition) is 0. The summed E-state index contributed by atoms with van der Waals surface area (Å²) in [5, 5.41) is 7.30. The number of unbranched alkanes of at least 4 members (excludes halogenated alkanes) is 1. The van der Waals surface area contributed by atoms with E-state index in [1.807, 2.05) is 0 Å². The molecule has 0 aliphatic carbocycles. The molecule has 0 atom stereocenters. The zero-order chi connectivity index (χ0) is 17.1. The van der Waals surface area contributed by atoms with Crippen LogP contribution in [-0.2, 0) is 13.0 Å². The van der Waals surface area contributed by atoms with E-state index in [9.17, 15) is 0 Å². The largest absolute Gasteiger partial charge is 0.353 e. The van der Waals surface area contributed by atoms with Crippen molar-refractivity contribution in [2.45, 2.75) is 32.7 Å². The van der Waals surface area contributed by atoms with Crippen molar-refractivity contribution in [3.8, 4) is 0 Å². The third-order valence-electron chi connectivity index (χ3n) is 4.54. The maximum atomic E-state index is 5.39. The van der Waals surface area contributed by atoms with Gasteiger partial charge in [-0.25, -0.2) is 9.97 Å². The fourth-order valence-electron chi connectivity index (χ4n) is 3.13. The van der Waals surface area contributed by atoms with Crippen molar-refractivity contribution in [3.05, 3.63) is 29.5 Å². The van der Waals surface area contributed by atoms with Crippen LogP contribution in [0.1, 0.15) is 31.5 Å². The van der Waals surface area contributed by atoms with Crippen LogP contribution in [0.25, 0.3) is 10.2 Å². The lowest BCUT2D eigenvalue weighted by atomic mass is 10.2. The maximum Gasteiger partial charge on any atom is 0.240 e. The summed E-state index contributed by atoms with van der Waals surface area (Å²) >= 11 is 1.66. The van der Waals surface area contributed by atoms with E-state index in [2.05, 4.69) is 48.3 Å². The van der Waals surface area contributed by atoms with Gasteiger partial charge in [0.05, 0.1) is 11.9 Å². The van der Waals surface area contributed by atoms with E-state index in [1.165, 1.54) is 0 Å². The van der Waals surface area contributed by atoms with Gasteiger partial charge in [0, 0.05) is 32.6 Å². The molecule has 132 valence electrons. The molecule has 3 aromatic heterocycles. The van der Waals surface area contributed by atoms with Crippen molar-refractivity contribution < 1.29 is 4.52 Å². The number of thiophene rings is 1. The summed E-state index contributed by atoms with van der Waals surface area (Å²) in [4.78, 5) is 19.1. The van der Waals surface area contributed by atoms with Gasteiger partial charge in [0.1, 0.15) is 17.0 Å². The number of nitrogens with zero attached hydrogens (tertiary/aromatic N) is 6. The molecule has 0 spiro atoms. The highest BCUT2D eigenvalue weighted by Crippen LogP contribution is 2.27. The molecule has 7 nitrogen and oxygen atoms in total. The van der Waals surface area contributed by atoms with Crippen molar-refractivity contribution >= 4 is 27.4 Å². The summed E-state index contributed by atoms with van der Waals surface area (Å²) in [7, 11) is 0. The second-order valence-electron chi connectivity index (χ2n) is 6.31. The fourth-order valence-corrected chi connectivity index (χ4v) is 3.86. The highest BCUT2D eigenvalue weighted by molar-refractivity contribution is 7.16. The smallest absolute Gasteiger partial charge is 0.240 e. The van der Waals surface area contributed by atoms with E-state index in [1.54, 1.807) is 17.7 Å². The Morgan fingerprint density at radius 3 is 2.92 bits per heavy atom. The van der Waals surface area contributed by atoms with Gasteiger partial charge < -0.3 is 9.42 Å². The Kier molecular flexibility index (Phi) is 4.89. The zero-order valence-corrected chi connectivity index (χ0v) is 15.2. The highest BCUT2D eigenvalue weighted by Gasteiger charge is 2.21. The van der Waals surface area contributed by atoms with Gasteiger partial charge in [-0.2, -0.15) is 4.98 Å². The molecule has 0 saturated carbocycles. The second-order valence-corrected chi connectivity index (χ2v) is 7.20. The number of rotatable bonds is 6. The molecule has 8 heteroatoms. The quantitative estimate of drug-likeness (QED) is 0.671. The summed E-state index contributed by atoms with van der Waals surface area (Å²) in [5.74, 6) is 2.60. The first kappa shape index (κ1) is 16.4. The van der Waals surface area contributed by atoms with Crippen LogP contribution in [0.3, 0.4) is 0 Å². The molecule has 0 aromatic carbocycles. The monoisotopic (exact) mass is 358 g/mol. The van der Waals surface area contributed by atoms with Gasteiger partial charge in [0.25, 0.3) is 0 Å². The molecule has 4 heterocycles. The number of hydrogen-bond acceptors (Lipinski definition) is 8. The van der Waals surface area contributed by atoms with Gasteiger partial charge in [-0.05, 0) is 17.9 Å². The summed E-state index contributed by atoms with van der Waals surface area (Å²) in [6, 6.07) is 2.11. The van der Waals surface area contributed by atoms with Crippen molar-refractivity contribution in [2.75, 3.05) is 31.1 Å². The van der Waals surface area contributed by atoms with E-state index in [4.69, 9.17) is 4.52 Å². The predicted molar refractivity (Wildman–Crippen MR) is 97.8 cm³/mol. The molecule has 0 amide bonds. The Hall–Kier alpha value is -2.06. The molecule has 1 saturated heterocycles. The minimum absolute atomic E-state index is 0.724. The first-order valence-electron chi connectivity index (χ1n) is 8.80. The van der Waals surface area contributed by atoms with Crippen LogP contribution in [0.2, 0.25) is 0 Å². The lowest BCUT2D eigenvalue weighted by Gasteiger charge is -2.34. The summed E-state index contributed by atoms with van der Waals surface area (Å²) in [6.07, 6.45) is 4.81. The van der Waals surface area contributed by atoms with Crippen LogP contribution >= 0.6 is 11.3 Å². The van der Waals surface area contributed by atoms with Gasteiger partial charge in [-0.15, -0.1) is 11.3 Å². The highest BCUT2D eigenvalue weighted by atomic mass is 32.1. The maximum absolute atomic E-state index is 5.39. The first-order chi connectivity index (χ1) is 12.3. The van der Waals surface area contributed by atoms with E-state index >= 15 is 0 Å². The third-order valence-corrected chi connectivity index (χ3v) is 5.36. The third kappa shape index (κ3) is 3.64. The van der Waals surface area contributed by atoms with Gasteiger partial charge in [-0.1, -0.05) is 18.5 Å². The Bertz CT molecular complexity index is 823. The van der Waals surface area contributed by atoms with Crippen LogP contribution in [0.4, 0.5) is 5.82 Å². The molecular formula is C17H22N6OS. The zero-order valence-electron chi connectivity index (χ0n) is 14.4. The number of aromatic nitrogens is 4. The molecular weight excluding hydrogens is 336 g/mol. The Labute approximate surface area is 150 Å². The van der Waals surface area contributed by atoms with E-state index in [0.29, 0.717) is 0 Å². The molecule has 25 heavy (non-hydrogen) atoms. The van der Waals surface area contributed by atoms with Crippen molar-refractivity contribution in [3.63, 3.8) is 0 Å². The summed E-state index contributed by atoms with van der Waals surface area (Å²) < 4.78 is 5.39. The number of aryl methyl sites for hydroxylation is 1. The van der Waals surface area contributed by atoms with E-state index < -0.39 is 0 Å². The standard InChI is InChI=1S/C17H22N6OS/c1-2-3-4-14-20-15(24-21-14)11-22-6-8-23(9-7-22)16-13-5-10-25-17(13)19-12-18-16/h5,10,12H,2-4,6-9,11H2,1H3. The average Bonchev–Trinajstić information content (AvgIpc) is 3.29. The van der Waals surface area contributed by atoms with Crippen LogP contribution in [-0.4, -0.2) is 51.2 Å². The number of anilines is 1. The lowest BCUT2D eigenvalue weighted by molar-refractivity contribution is 0.215. The molecule has 4 rings (SSSR count). The van der Waals surface area contributed by atoms with Gasteiger partial charge in [0.15, 0.2) is 5.82 Å². The van der Waals surface area contributed by atoms with E-state index in [0.717, 1.165) is 79.7 Å². The van der Waals surface area contributed by atoms with Crippen LogP contribution in [0.5, 0.6) is 0 Å². The van der Waals surface area contributed by atoms with Crippen LogP contribution in [0.15, 0.2) is 22.3 Å². The van der Waals surface area contributed by atoms with Gasteiger partial charge in [-0.3, -0.25) is 4.90 Å². The molecule has 0 N–H and O–H groups in total. The van der Waals surface area contributed by atoms with Crippen LogP contribution < -0.4 is 4.90 Å². The summed E-state index contributed by atoms with van der Waals surface area (Å²) in [5.41, 5.74) is 0. The summed E-state index contributed by atoms with van der Waals surface area (Å²) in [6.45, 7) is 6.70. The molecule has 1 aliphatic rings. The Balaban J connectivity index is 1.35. The minimum Gasteiger partial charge on any atom is -0.353 e. The Morgan fingerprint density at radius 1 is 1.20 bits per heavy atom. The molecule has 1 aliphatic heterocycles. The number of piperazine rings is 1. The van der Waals surface area contributed by atoms with Crippen molar-refractivity contribution in [1.29, 1.82) is 0 Å². The topological polar surface area (TPSA) is 71.2 Å². The molecule has 0 bridgehead atoms. The lowest BCUT2D eigenvalue weighted by Crippen LogP contribution is -2.46. The second kappa shape index (κ2) is 7.45. The van der Waals surface area contributed by atoms with E-state index in [-0.39, 0.29) is 0 Å². The molecule has 1 fully saturated rings. The minimum atomic E-state index is 0.724. The van der Waals surface area contributed by atoms with Crippen LogP contribution in [0, 0.1) is 0 Å².